The van der Waals surface area contributed by atoms with Gasteiger partial charge < -0.3 is 0 Å². The van der Waals surface area contributed by atoms with Gasteiger partial charge in [0.05, 0.1) is 27.8 Å². The molecule has 4 heterocycles. The molecule has 5 aromatic carbocycles. The van der Waals surface area contributed by atoms with Crippen LogP contribution in [0.2, 0.25) is 0 Å². The molecule has 0 radical (unpaired) electrons. The molecule has 206 valence electrons. The van der Waals surface area contributed by atoms with Gasteiger partial charge in [-0.3, -0.25) is 8.97 Å². The summed E-state index contributed by atoms with van der Waals surface area (Å²) >= 11 is 0. The second-order valence-corrected chi connectivity index (χ2v) is 11.0. The molecule has 5 heteroatoms. The van der Waals surface area contributed by atoms with E-state index >= 15 is 0 Å². The SMILES string of the molecule is c1ccc(-n2c(-c3cccc(-c4cccc(-c5nc6ccccc6c6nc7ccccn7c56)c4)c3)nc3ccccc32)cc1. The van der Waals surface area contributed by atoms with Gasteiger partial charge in [-0.1, -0.05) is 91.0 Å². The van der Waals surface area contributed by atoms with Crippen molar-refractivity contribution in [2.24, 2.45) is 0 Å². The van der Waals surface area contributed by atoms with Gasteiger partial charge in [0.25, 0.3) is 0 Å². The van der Waals surface area contributed by atoms with Crippen molar-refractivity contribution in [1.82, 2.24) is 23.9 Å². The van der Waals surface area contributed by atoms with Crippen molar-refractivity contribution in [1.29, 1.82) is 0 Å². The second-order valence-electron chi connectivity index (χ2n) is 11.0. The zero-order valence-corrected chi connectivity index (χ0v) is 23.7. The van der Waals surface area contributed by atoms with Crippen LogP contribution in [-0.2, 0) is 0 Å². The van der Waals surface area contributed by atoms with E-state index in [0.29, 0.717) is 0 Å². The molecule has 44 heavy (non-hydrogen) atoms. The molecule has 4 aromatic heterocycles. The molecule has 0 bridgehead atoms. The standard InChI is InChI=1S/C39H25N5/c1-2-16-30(17-3-1)44-34-21-7-6-20-33(34)41-39(44)29-15-11-13-27(25-29)26-12-10-14-28(24-26)36-38-37(31-18-4-5-19-32(31)40-36)42-35-22-8-9-23-43(35)38/h1-25H. The maximum atomic E-state index is 5.19. The van der Waals surface area contributed by atoms with Crippen molar-refractivity contribution >= 4 is 38.6 Å². The Morgan fingerprint density at radius 3 is 2.02 bits per heavy atom. The van der Waals surface area contributed by atoms with Crippen molar-refractivity contribution in [3.63, 3.8) is 0 Å². The summed E-state index contributed by atoms with van der Waals surface area (Å²) in [6.07, 6.45) is 2.07. The van der Waals surface area contributed by atoms with Gasteiger partial charge in [0.1, 0.15) is 17.0 Å². The Morgan fingerprint density at radius 1 is 0.477 bits per heavy atom. The minimum Gasteiger partial charge on any atom is -0.298 e. The topological polar surface area (TPSA) is 48.0 Å². The Kier molecular flexibility index (Phi) is 5.43. The van der Waals surface area contributed by atoms with Crippen LogP contribution >= 0.6 is 0 Å². The van der Waals surface area contributed by atoms with Gasteiger partial charge in [-0.25, -0.2) is 15.0 Å². The number of fused-ring (bicyclic) bond motifs is 6. The molecule has 0 saturated heterocycles. The third-order valence-corrected chi connectivity index (χ3v) is 8.31. The fraction of sp³-hybridized carbons (Fsp3) is 0. The van der Waals surface area contributed by atoms with E-state index in [9.17, 15) is 0 Å². The average molecular weight is 564 g/mol. The summed E-state index contributed by atoms with van der Waals surface area (Å²) in [7, 11) is 0. The minimum absolute atomic E-state index is 0.909. The zero-order chi connectivity index (χ0) is 29.0. The summed E-state index contributed by atoms with van der Waals surface area (Å²) in [6.45, 7) is 0. The molecule has 9 rings (SSSR count). The molecule has 5 nitrogen and oxygen atoms in total. The monoisotopic (exact) mass is 563 g/mol. The Balaban J connectivity index is 1.22. The predicted molar refractivity (Wildman–Crippen MR) is 179 cm³/mol. The predicted octanol–water partition coefficient (Wildman–Crippen LogP) is 9.38. The maximum absolute atomic E-state index is 5.19. The van der Waals surface area contributed by atoms with Crippen molar-refractivity contribution in [3.05, 3.63) is 152 Å². The van der Waals surface area contributed by atoms with Gasteiger partial charge in [0.15, 0.2) is 0 Å². The lowest BCUT2D eigenvalue weighted by molar-refractivity contribution is 1.10. The maximum Gasteiger partial charge on any atom is 0.145 e. The van der Waals surface area contributed by atoms with Crippen molar-refractivity contribution in [2.75, 3.05) is 0 Å². The number of aromatic nitrogens is 5. The van der Waals surface area contributed by atoms with Crippen molar-refractivity contribution in [3.8, 4) is 39.5 Å². The van der Waals surface area contributed by atoms with Crippen LogP contribution in [0.4, 0.5) is 0 Å². The molecular weight excluding hydrogens is 538 g/mol. The minimum atomic E-state index is 0.909. The number of benzene rings is 5. The lowest BCUT2D eigenvalue weighted by atomic mass is 9.98. The lowest BCUT2D eigenvalue weighted by Crippen LogP contribution is -1.97. The largest absolute Gasteiger partial charge is 0.298 e. The number of pyridine rings is 2. The summed E-state index contributed by atoms with van der Waals surface area (Å²) < 4.78 is 4.39. The fourth-order valence-electron chi connectivity index (χ4n) is 6.30. The van der Waals surface area contributed by atoms with Gasteiger partial charge >= 0.3 is 0 Å². The van der Waals surface area contributed by atoms with E-state index in [0.717, 1.165) is 78.1 Å². The zero-order valence-electron chi connectivity index (χ0n) is 23.7. The first kappa shape index (κ1) is 24.5. The molecule has 0 unspecified atom stereocenters. The van der Waals surface area contributed by atoms with Crippen molar-refractivity contribution in [2.45, 2.75) is 0 Å². The highest BCUT2D eigenvalue weighted by Gasteiger charge is 2.18. The van der Waals surface area contributed by atoms with Gasteiger partial charge in [0, 0.05) is 28.4 Å². The fourth-order valence-corrected chi connectivity index (χ4v) is 6.30. The summed E-state index contributed by atoms with van der Waals surface area (Å²) in [5.41, 5.74) is 12.2. The first-order valence-electron chi connectivity index (χ1n) is 14.7. The molecule has 0 aliphatic heterocycles. The van der Waals surface area contributed by atoms with E-state index in [1.165, 1.54) is 0 Å². The van der Waals surface area contributed by atoms with Crippen LogP contribution in [0.25, 0.3) is 78.1 Å². The Labute approximate surface area is 253 Å². The van der Waals surface area contributed by atoms with Crippen LogP contribution < -0.4 is 0 Å². The number of hydrogen-bond donors (Lipinski definition) is 0. The normalized spacial score (nSPS) is 11.6. The molecule has 0 fully saturated rings. The van der Waals surface area contributed by atoms with Crippen LogP contribution in [0, 0.1) is 0 Å². The molecule has 0 spiro atoms. The molecule has 0 aliphatic rings. The molecule has 0 saturated carbocycles. The third-order valence-electron chi connectivity index (χ3n) is 8.31. The van der Waals surface area contributed by atoms with E-state index in [2.05, 4.69) is 118 Å². The van der Waals surface area contributed by atoms with Crippen LogP contribution in [0.1, 0.15) is 0 Å². The Bertz CT molecular complexity index is 2510. The van der Waals surface area contributed by atoms with E-state index in [4.69, 9.17) is 15.0 Å². The Morgan fingerprint density at radius 2 is 1.16 bits per heavy atom. The number of rotatable bonds is 4. The summed E-state index contributed by atoms with van der Waals surface area (Å²) in [5, 5.41) is 1.06. The number of para-hydroxylation sites is 4. The van der Waals surface area contributed by atoms with Gasteiger partial charge in [-0.2, -0.15) is 0 Å². The van der Waals surface area contributed by atoms with E-state index in [-0.39, 0.29) is 0 Å². The molecule has 0 N–H and O–H groups in total. The molecule has 0 amide bonds. The smallest absolute Gasteiger partial charge is 0.145 e. The molecular formula is C39H25N5. The Hall–Kier alpha value is -6.07. The van der Waals surface area contributed by atoms with Gasteiger partial charge in [-0.05, 0) is 65.7 Å². The summed E-state index contributed by atoms with van der Waals surface area (Å²) in [5.74, 6) is 0.916. The molecule has 0 aliphatic carbocycles. The highest BCUT2D eigenvalue weighted by molar-refractivity contribution is 6.09. The summed E-state index contributed by atoms with van der Waals surface area (Å²) in [6, 6.07) is 50.4. The van der Waals surface area contributed by atoms with Crippen LogP contribution in [-0.4, -0.2) is 23.9 Å². The highest BCUT2D eigenvalue weighted by atomic mass is 15.1. The molecule has 0 atom stereocenters. The van der Waals surface area contributed by atoms with E-state index in [1.54, 1.807) is 0 Å². The molecule has 9 aromatic rings. The van der Waals surface area contributed by atoms with E-state index in [1.807, 2.05) is 42.5 Å². The number of nitrogens with zero attached hydrogens (tertiary/aromatic N) is 5. The second kappa shape index (κ2) is 9.75. The highest BCUT2D eigenvalue weighted by Crippen LogP contribution is 2.36. The quantitative estimate of drug-likeness (QED) is 0.214. The van der Waals surface area contributed by atoms with E-state index < -0.39 is 0 Å². The van der Waals surface area contributed by atoms with Crippen LogP contribution in [0.15, 0.2) is 152 Å². The van der Waals surface area contributed by atoms with Gasteiger partial charge in [-0.15, -0.1) is 0 Å². The van der Waals surface area contributed by atoms with Crippen LogP contribution in [0.5, 0.6) is 0 Å². The first-order valence-corrected chi connectivity index (χ1v) is 14.7. The van der Waals surface area contributed by atoms with Crippen LogP contribution in [0.3, 0.4) is 0 Å². The number of imidazole rings is 2. The lowest BCUT2D eigenvalue weighted by Gasteiger charge is -2.12. The summed E-state index contributed by atoms with van der Waals surface area (Å²) in [4.78, 5) is 15.3. The first-order chi connectivity index (χ1) is 21.8. The van der Waals surface area contributed by atoms with Gasteiger partial charge in [0.2, 0.25) is 0 Å². The van der Waals surface area contributed by atoms with Crippen molar-refractivity contribution < 1.29 is 0 Å². The average Bonchev–Trinajstić information content (AvgIpc) is 3.68. The number of hydrogen-bond acceptors (Lipinski definition) is 3. The third kappa shape index (κ3) is 3.83.